The van der Waals surface area contributed by atoms with Gasteiger partial charge < -0.3 is 10.4 Å². The second-order valence-electron chi connectivity index (χ2n) is 4.50. The van der Waals surface area contributed by atoms with Crippen molar-refractivity contribution in [3.8, 4) is 0 Å². The van der Waals surface area contributed by atoms with Gasteiger partial charge in [-0.15, -0.1) is 11.8 Å². The number of nitrogens with one attached hydrogen (secondary N) is 1. The van der Waals surface area contributed by atoms with Crippen LogP contribution in [0, 0.1) is 0 Å². The number of thioether (sulfide) groups is 1. The lowest BCUT2D eigenvalue weighted by Gasteiger charge is -2.08. The number of benzene rings is 2. The molecule has 0 fully saturated rings. The molecular weight excluding hydrogens is 306 g/mol. The van der Waals surface area contributed by atoms with Crippen LogP contribution in [-0.2, 0) is 13.2 Å². The average molecular weight is 322 g/mol. The summed E-state index contributed by atoms with van der Waals surface area (Å²) in [6, 6.07) is 12.8. The van der Waals surface area contributed by atoms with Crippen molar-refractivity contribution in [1.29, 1.82) is 0 Å². The molecule has 2 N–H and O–H groups in total. The molecule has 0 bridgehead atoms. The number of amides is 1. The van der Waals surface area contributed by atoms with Crippen molar-refractivity contribution in [2.75, 3.05) is 6.26 Å². The maximum Gasteiger partial charge on any atom is 0.253 e. The third kappa shape index (κ3) is 4.24. The van der Waals surface area contributed by atoms with Gasteiger partial charge in [0.25, 0.3) is 5.91 Å². The van der Waals surface area contributed by atoms with Crippen molar-refractivity contribution in [2.24, 2.45) is 0 Å². The first-order valence-corrected chi connectivity index (χ1v) is 8.04. The minimum Gasteiger partial charge on any atom is -0.392 e. The molecule has 0 spiro atoms. The molecule has 5 heteroatoms. The standard InChI is InChI=1S/C16H16ClNO2S/c1-21-13-6-7-15(17)14(8-13)16(20)18-9-11-2-4-12(10-19)5-3-11/h2-8,19H,9-10H2,1H3,(H,18,20). The Labute approximate surface area is 133 Å². The lowest BCUT2D eigenvalue weighted by molar-refractivity contribution is 0.0951. The van der Waals surface area contributed by atoms with E-state index in [2.05, 4.69) is 5.32 Å². The SMILES string of the molecule is CSc1ccc(Cl)c(C(=O)NCc2ccc(CO)cc2)c1. The Morgan fingerprint density at radius 1 is 1.19 bits per heavy atom. The maximum atomic E-state index is 12.2. The number of hydrogen-bond acceptors (Lipinski definition) is 3. The Hall–Kier alpha value is -1.49. The number of aliphatic hydroxyl groups is 1. The van der Waals surface area contributed by atoms with E-state index in [-0.39, 0.29) is 12.5 Å². The first-order chi connectivity index (χ1) is 10.1. The second kappa shape index (κ2) is 7.50. The first-order valence-electron chi connectivity index (χ1n) is 6.44. The van der Waals surface area contributed by atoms with Gasteiger partial charge in [-0.1, -0.05) is 35.9 Å². The Balaban J connectivity index is 2.04. The van der Waals surface area contributed by atoms with E-state index >= 15 is 0 Å². The lowest BCUT2D eigenvalue weighted by Crippen LogP contribution is -2.23. The quantitative estimate of drug-likeness (QED) is 0.829. The van der Waals surface area contributed by atoms with E-state index in [1.807, 2.05) is 36.6 Å². The van der Waals surface area contributed by atoms with E-state index < -0.39 is 0 Å². The summed E-state index contributed by atoms with van der Waals surface area (Å²) in [6.45, 7) is 0.439. The molecule has 21 heavy (non-hydrogen) atoms. The summed E-state index contributed by atoms with van der Waals surface area (Å²) in [7, 11) is 0. The monoisotopic (exact) mass is 321 g/mol. The molecule has 1 amide bonds. The van der Waals surface area contributed by atoms with Crippen LogP contribution in [0.2, 0.25) is 5.02 Å². The number of aliphatic hydroxyl groups excluding tert-OH is 1. The zero-order chi connectivity index (χ0) is 15.2. The smallest absolute Gasteiger partial charge is 0.253 e. The Kier molecular flexibility index (Phi) is 5.67. The van der Waals surface area contributed by atoms with E-state index in [0.717, 1.165) is 16.0 Å². The van der Waals surface area contributed by atoms with Crippen molar-refractivity contribution in [3.63, 3.8) is 0 Å². The molecule has 2 aromatic rings. The third-order valence-corrected chi connectivity index (χ3v) is 4.13. The molecule has 0 aliphatic heterocycles. The molecular formula is C16H16ClNO2S. The minimum absolute atomic E-state index is 0.0176. The van der Waals surface area contributed by atoms with Gasteiger partial charge in [0.2, 0.25) is 0 Å². The van der Waals surface area contributed by atoms with Crippen molar-refractivity contribution >= 4 is 29.3 Å². The summed E-state index contributed by atoms with van der Waals surface area (Å²) in [5, 5.41) is 12.3. The van der Waals surface area contributed by atoms with Gasteiger partial charge in [-0.25, -0.2) is 0 Å². The number of rotatable bonds is 5. The van der Waals surface area contributed by atoms with Crippen molar-refractivity contribution in [3.05, 3.63) is 64.2 Å². The molecule has 2 rings (SSSR count). The van der Waals surface area contributed by atoms with E-state index in [1.165, 1.54) is 0 Å². The Morgan fingerprint density at radius 3 is 2.48 bits per heavy atom. The van der Waals surface area contributed by atoms with Crippen molar-refractivity contribution in [1.82, 2.24) is 5.32 Å². The Morgan fingerprint density at radius 2 is 1.86 bits per heavy atom. The largest absolute Gasteiger partial charge is 0.392 e. The number of halogens is 1. The summed E-state index contributed by atoms with van der Waals surface area (Å²) >= 11 is 7.64. The lowest BCUT2D eigenvalue weighted by atomic mass is 10.1. The summed E-state index contributed by atoms with van der Waals surface area (Å²) < 4.78 is 0. The minimum atomic E-state index is -0.192. The highest BCUT2D eigenvalue weighted by Crippen LogP contribution is 2.23. The molecule has 0 radical (unpaired) electrons. The molecule has 0 aliphatic rings. The zero-order valence-electron chi connectivity index (χ0n) is 11.6. The van der Waals surface area contributed by atoms with Gasteiger partial charge in [-0.2, -0.15) is 0 Å². The summed E-state index contributed by atoms with van der Waals surface area (Å²) in [4.78, 5) is 13.2. The van der Waals surface area contributed by atoms with Crippen LogP contribution in [0.3, 0.4) is 0 Å². The number of carbonyl (C=O) groups excluding carboxylic acids is 1. The molecule has 3 nitrogen and oxygen atoms in total. The van der Waals surface area contributed by atoms with Gasteiger partial charge in [0, 0.05) is 11.4 Å². The maximum absolute atomic E-state index is 12.2. The van der Waals surface area contributed by atoms with Crippen LogP contribution in [0.15, 0.2) is 47.4 Å². The number of hydrogen-bond donors (Lipinski definition) is 2. The fraction of sp³-hybridized carbons (Fsp3) is 0.188. The molecule has 0 saturated carbocycles. The van der Waals surface area contributed by atoms with Crippen LogP contribution in [0.25, 0.3) is 0 Å². The molecule has 110 valence electrons. The summed E-state index contributed by atoms with van der Waals surface area (Å²) in [5.74, 6) is -0.192. The predicted octanol–water partition coefficient (Wildman–Crippen LogP) is 3.48. The molecule has 0 aliphatic carbocycles. The van der Waals surface area contributed by atoms with Gasteiger partial charge in [-0.3, -0.25) is 4.79 Å². The van der Waals surface area contributed by atoms with Gasteiger partial charge >= 0.3 is 0 Å². The molecule has 0 heterocycles. The third-order valence-electron chi connectivity index (χ3n) is 3.08. The van der Waals surface area contributed by atoms with E-state index in [1.54, 1.807) is 23.9 Å². The molecule has 2 aromatic carbocycles. The first kappa shape index (κ1) is 15.9. The van der Waals surface area contributed by atoms with Gasteiger partial charge in [0.1, 0.15) is 0 Å². The molecule has 0 unspecified atom stereocenters. The predicted molar refractivity (Wildman–Crippen MR) is 86.8 cm³/mol. The molecule has 0 saturated heterocycles. The highest BCUT2D eigenvalue weighted by Gasteiger charge is 2.10. The highest BCUT2D eigenvalue weighted by atomic mass is 35.5. The van der Waals surface area contributed by atoms with E-state index in [9.17, 15) is 4.79 Å². The van der Waals surface area contributed by atoms with E-state index in [0.29, 0.717) is 17.1 Å². The van der Waals surface area contributed by atoms with E-state index in [4.69, 9.17) is 16.7 Å². The topological polar surface area (TPSA) is 49.3 Å². The van der Waals surface area contributed by atoms with Crippen molar-refractivity contribution in [2.45, 2.75) is 18.0 Å². The summed E-state index contributed by atoms with van der Waals surface area (Å²) in [5.41, 5.74) is 2.30. The van der Waals surface area contributed by atoms with Crippen LogP contribution in [0.5, 0.6) is 0 Å². The normalized spacial score (nSPS) is 10.4. The second-order valence-corrected chi connectivity index (χ2v) is 5.79. The van der Waals surface area contributed by atoms with Crippen LogP contribution in [0.1, 0.15) is 21.5 Å². The fourth-order valence-electron chi connectivity index (χ4n) is 1.85. The zero-order valence-corrected chi connectivity index (χ0v) is 13.2. The van der Waals surface area contributed by atoms with Crippen LogP contribution in [-0.4, -0.2) is 17.3 Å². The van der Waals surface area contributed by atoms with Crippen molar-refractivity contribution < 1.29 is 9.90 Å². The van der Waals surface area contributed by atoms with Crippen LogP contribution in [0.4, 0.5) is 0 Å². The highest BCUT2D eigenvalue weighted by molar-refractivity contribution is 7.98. The molecule has 0 atom stereocenters. The summed E-state index contributed by atoms with van der Waals surface area (Å²) in [6.07, 6.45) is 1.95. The van der Waals surface area contributed by atoms with Crippen LogP contribution >= 0.6 is 23.4 Å². The average Bonchev–Trinajstić information content (AvgIpc) is 2.53. The van der Waals surface area contributed by atoms with Gasteiger partial charge in [-0.05, 0) is 35.6 Å². The van der Waals surface area contributed by atoms with Gasteiger partial charge in [0.05, 0.1) is 17.2 Å². The fourth-order valence-corrected chi connectivity index (χ4v) is 2.49. The van der Waals surface area contributed by atoms with Gasteiger partial charge in [0.15, 0.2) is 0 Å². The molecule has 0 aromatic heterocycles. The Bertz CT molecular complexity index is 629. The number of carbonyl (C=O) groups is 1. The van der Waals surface area contributed by atoms with Crippen LogP contribution < -0.4 is 5.32 Å².